The number of pyridine rings is 1. The zero-order valence-electron chi connectivity index (χ0n) is 24.8. The van der Waals surface area contributed by atoms with Crippen molar-refractivity contribution in [2.24, 2.45) is 0 Å². The summed E-state index contributed by atoms with van der Waals surface area (Å²) in [6.45, 7) is 1.76. The monoisotopic (exact) mass is 631 g/mol. The standard InChI is InChI=1S/C36H29N3O4S2/c1-23(35(41)38-26-13-11-25(12-14-26)33(40)18-16-28-10-7-19-44-28)45-36-31(22-37)30(21-32(39-36)24-8-5-4-6-9-24)29-17-15-27(42-2)20-34(29)43-3/h4-21,23H,1-3H3,(H,38,41)/b18-16+/t23-/m1/s1. The molecule has 1 amide bonds. The number of carbonyl (C=O) groups is 2. The van der Waals surface area contributed by atoms with Crippen molar-refractivity contribution in [1.82, 2.24) is 4.98 Å². The van der Waals surface area contributed by atoms with Crippen LogP contribution in [0.5, 0.6) is 11.5 Å². The number of anilines is 1. The van der Waals surface area contributed by atoms with E-state index in [2.05, 4.69) is 11.4 Å². The number of hydrogen-bond acceptors (Lipinski definition) is 8. The molecule has 0 spiro atoms. The van der Waals surface area contributed by atoms with Crippen LogP contribution in [0.15, 0.2) is 107 Å². The molecule has 1 N–H and O–H groups in total. The first kappa shape index (κ1) is 31.3. The number of thiophene rings is 1. The van der Waals surface area contributed by atoms with Gasteiger partial charge in [-0.15, -0.1) is 11.3 Å². The first-order valence-electron chi connectivity index (χ1n) is 14.0. The fraction of sp³-hybridized carbons (Fsp3) is 0.111. The Balaban J connectivity index is 1.40. The van der Waals surface area contributed by atoms with Gasteiger partial charge in [0, 0.05) is 38.9 Å². The van der Waals surface area contributed by atoms with E-state index in [4.69, 9.17) is 14.5 Å². The number of nitrogens with one attached hydrogen (secondary N) is 1. The summed E-state index contributed by atoms with van der Waals surface area (Å²) in [6.07, 6.45) is 3.32. The number of nitrogens with zero attached hydrogens (tertiary/aromatic N) is 2. The summed E-state index contributed by atoms with van der Waals surface area (Å²) < 4.78 is 11.0. The molecule has 0 saturated heterocycles. The van der Waals surface area contributed by atoms with Gasteiger partial charge < -0.3 is 14.8 Å². The van der Waals surface area contributed by atoms with Crippen molar-refractivity contribution < 1.29 is 19.1 Å². The van der Waals surface area contributed by atoms with E-state index in [1.807, 2.05) is 66.0 Å². The minimum absolute atomic E-state index is 0.122. The quantitative estimate of drug-likeness (QED) is 0.0888. The number of rotatable bonds is 11. The summed E-state index contributed by atoms with van der Waals surface area (Å²) in [5.41, 5.74) is 4.27. The Morgan fingerprint density at radius 1 is 0.956 bits per heavy atom. The lowest BCUT2D eigenvalue weighted by atomic mass is 9.98. The maximum absolute atomic E-state index is 13.3. The second kappa shape index (κ2) is 14.5. The Bertz CT molecular complexity index is 1880. The van der Waals surface area contributed by atoms with Crippen molar-refractivity contribution in [3.63, 3.8) is 0 Å². The number of aromatic nitrogens is 1. The predicted octanol–water partition coefficient (Wildman–Crippen LogP) is 8.38. The van der Waals surface area contributed by atoms with Crippen molar-refractivity contribution in [2.75, 3.05) is 19.5 Å². The molecule has 0 aliphatic rings. The van der Waals surface area contributed by atoms with Crippen LogP contribution in [-0.4, -0.2) is 36.1 Å². The summed E-state index contributed by atoms with van der Waals surface area (Å²) in [7, 11) is 3.14. The van der Waals surface area contributed by atoms with Crippen molar-refractivity contribution >= 4 is 46.6 Å². The molecule has 5 aromatic rings. The maximum atomic E-state index is 13.3. The van der Waals surface area contributed by atoms with E-state index in [9.17, 15) is 14.9 Å². The van der Waals surface area contributed by atoms with Gasteiger partial charge in [-0.1, -0.05) is 48.2 Å². The van der Waals surface area contributed by atoms with E-state index in [1.165, 1.54) is 17.8 Å². The third kappa shape index (κ3) is 7.50. The summed E-state index contributed by atoms with van der Waals surface area (Å²) in [4.78, 5) is 31.7. The van der Waals surface area contributed by atoms with Gasteiger partial charge in [0.2, 0.25) is 5.91 Å². The lowest BCUT2D eigenvalue weighted by Crippen LogP contribution is -2.22. The lowest BCUT2D eigenvalue weighted by molar-refractivity contribution is -0.115. The van der Waals surface area contributed by atoms with Crippen LogP contribution in [0, 0.1) is 11.3 Å². The van der Waals surface area contributed by atoms with Gasteiger partial charge in [0.1, 0.15) is 22.6 Å². The average Bonchev–Trinajstić information content (AvgIpc) is 3.61. The molecule has 0 saturated carbocycles. The zero-order chi connectivity index (χ0) is 31.8. The molecule has 9 heteroatoms. The average molecular weight is 632 g/mol. The first-order valence-corrected chi connectivity index (χ1v) is 15.7. The van der Waals surface area contributed by atoms with E-state index < -0.39 is 5.25 Å². The van der Waals surface area contributed by atoms with Gasteiger partial charge in [0.15, 0.2) is 5.78 Å². The van der Waals surface area contributed by atoms with Crippen molar-refractivity contribution in [2.45, 2.75) is 17.2 Å². The largest absolute Gasteiger partial charge is 0.497 e. The summed E-state index contributed by atoms with van der Waals surface area (Å²) in [5.74, 6) is 0.777. The highest BCUT2D eigenvalue weighted by atomic mass is 32.2. The summed E-state index contributed by atoms with van der Waals surface area (Å²) in [6, 6.07) is 29.9. The van der Waals surface area contributed by atoms with E-state index >= 15 is 0 Å². The molecule has 0 unspecified atom stereocenters. The second-order valence-electron chi connectivity index (χ2n) is 9.82. The second-order valence-corrected chi connectivity index (χ2v) is 12.1. The van der Waals surface area contributed by atoms with Crippen LogP contribution in [0.3, 0.4) is 0 Å². The van der Waals surface area contributed by atoms with Gasteiger partial charge in [-0.25, -0.2) is 4.98 Å². The molecule has 0 aliphatic heterocycles. The lowest BCUT2D eigenvalue weighted by Gasteiger charge is -2.17. The molecule has 2 aromatic heterocycles. The number of ether oxygens (including phenoxy) is 2. The number of carbonyl (C=O) groups excluding carboxylic acids is 2. The number of ketones is 1. The van der Waals surface area contributed by atoms with Gasteiger partial charge in [-0.05, 0) is 73.0 Å². The van der Waals surface area contributed by atoms with E-state index in [0.717, 1.165) is 10.4 Å². The van der Waals surface area contributed by atoms with E-state index in [1.54, 1.807) is 68.9 Å². The molecule has 0 bridgehead atoms. The number of benzene rings is 3. The SMILES string of the molecule is COc1ccc(-c2cc(-c3ccccc3)nc(S[C@H](C)C(=O)Nc3ccc(C(=O)/C=C/c4cccs4)cc3)c2C#N)c(OC)c1. The fourth-order valence-corrected chi connectivity index (χ4v) is 6.07. The third-order valence-corrected chi connectivity index (χ3v) is 8.83. The Hall–Kier alpha value is -5.17. The highest BCUT2D eigenvalue weighted by Gasteiger charge is 2.23. The minimum atomic E-state index is -0.601. The molecule has 45 heavy (non-hydrogen) atoms. The number of thioether (sulfide) groups is 1. The normalized spacial score (nSPS) is 11.5. The third-order valence-electron chi connectivity index (χ3n) is 6.90. The van der Waals surface area contributed by atoms with Crippen molar-refractivity contribution in [1.29, 1.82) is 5.26 Å². The molecule has 224 valence electrons. The zero-order valence-corrected chi connectivity index (χ0v) is 26.4. The number of hydrogen-bond donors (Lipinski definition) is 1. The molecule has 7 nitrogen and oxygen atoms in total. The topological polar surface area (TPSA) is 101 Å². The molecule has 2 heterocycles. The molecular weight excluding hydrogens is 603 g/mol. The summed E-state index contributed by atoms with van der Waals surface area (Å²) >= 11 is 2.76. The minimum Gasteiger partial charge on any atom is -0.497 e. The molecule has 0 fully saturated rings. The highest BCUT2D eigenvalue weighted by molar-refractivity contribution is 8.00. The smallest absolute Gasteiger partial charge is 0.237 e. The van der Waals surface area contributed by atoms with Crippen LogP contribution in [0.4, 0.5) is 5.69 Å². The van der Waals surface area contributed by atoms with Crippen molar-refractivity contribution in [3.05, 3.63) is 118 Å². The van der Waals surface area contributed by atoms with E-state index in [-0.39, 0.29) is 11.7 Å². The van der Waals surface area contributed by atoms with Crippen molar-refractivity contribution in [3.8, 4) is 40.0 Å². The molecular formula is C36H29N3O4S2. The van der Waals surface area contributed by atoms with Crippen LogP contribution < -0.4 is 14.8 Å². The van der Waals surface area contributed by atoms with Crippen LogP contribution in [0.1, 0.15) is 27.7 Å². The van der Waals surface area contributed by atoms with Crippen LogP contribution in [0.2, 0.25) is 0 Å². The molecule has 0 radical (unpaired) electrons. The van der Waals surface area contributed by atoms with Gasteiger partial charge >= 0.3 is 0 Å². The molecule has 3 aromatic carbocycles. The Kier molecular flexibility index (Phi) is 10.1. The van der Waals surface area contributed by atoms with Crippen LogP contribution in [0.25, 0.3) is 28.5 Å². The Morgan fingerprint density at radius 2 is 1.73 bits per heavy atom. The number of amides is 1. The Morgan fingerprint density at radius 3 is 2.40 bits per heavy atom. The number of methoxy groups -OCH3 is 2. The molecule has 5 rings (SSSR count). The predicted molar refractivity (Wildman–Crippen MR) is 181 cm³/mol. The fourth-order valence-electron chi connectivity index (χ4n) is 4.53. The van der Waals surface area contributed by atoms with Gasteiger partial charge in [0.25, 0.3) is 0 Å². The van der Waals surface area contributed by atoms with Gasteiger partial charge in [-0.3, -0.25) is 9.59 Å². The number of nitriles is 1. The Labute approximate surface area is 270 Å². The van der Waals surface area contributed by atoms with E-state index in [0.29, 0.717) is 50.2 Å². The van der Waals surface area contributed by atoms with Crippen LogP contribution in [-0.2, 0) is 4.79 Å². The first-order chi connectivity index (χ1) is 21.9. The maximum Gasteiger partial charge on any atom is 0.237 e. The molecule has 0 aliphatic carbocycles. The highest BCUT2D eigenvalue weighted by Crippen LogP contribution is 2.40. The van der Waals surface area contributed by atoms with Gasteiger partial charge in [0.05, 0.1) is 30.7 Å². The van der Waals surface area contributed by atoms with Crippen LogP contribution >= 0.6 is 23.1 Å². The van der Waals surface area contributed by atoms with Gasteiger partial charge in [-0.2, -0.15) is 5.26 Å². The molecule has 1 atom stereocenters. The number of allylic oxidation sites excluding steroid dienone is 1. The summed E-state index contributed by atoms with van der Waals surface area (Å²) in [5, 5.41) is 15.0.